The summed E-state index contributed by atoms with van der Waals surface area (Å²) in [6.45, 7) is 4.13. The lowest BCUT2D eigenvalue weighted by Gasteiger charge is -2.13. The van der Waals surface area contributed by atoms with E-state index in [9.17, 15) is 13.2 Å². The second-order valence-corrected chi connectivity index (χ2v) is 6.86. The third kappa shape index (κ3) is 6.73. The molecular formula is C15H24N2O3S. The molecule has 0 aromatic heterocycles. The van der Waals surface area contributed by atoms with E-state index < -0.39 is 10.0 Å². The monoisotopic (exact) mass is 312 g/mol. The van der Waals surface area contributed by atoms with Crippen LogP contribution < -0.4 is 10.5 Å². The molecule has 0 bridgehead atoms. The van der Waals surface area contributed by atoms with Crippen molar-refractivity contribution in [2.45, 2.75) is 56.9 Å². The maximum Gasteiger partial charge on any atom is 0.238 e. The summed E-state index contributed by atoms with van der Waals surface area (Å²) in [4.78, 5) is 11.9. The first-order valence-electron chi connectivity index (χ1n) is 7.24. The minimum atomic E-state index is -3.65. The van der Waals surface area contributed by atoms with Gasteiger partial charge in [-0.15, -0.1) is 0 Å². The number of amides is 1. The summed E-state index contributed by atoms with van der Waals surface area (Å²) in [5.74, 6) is 0.0223. The number of carbonyl (C=O) groups is 1. The largest absolute Gasteiger partial charge is 0.354 e. The van der Waals surface area contributed by atoms with Crippen LogP contribution in [0, 0.1) is 0 Å². The van der Waals surface area contributed by atoms with Crippen molar-refractivity contribution < 1.29 is 13.2 Å². The molecular weight excluding hydrogens is 288 g/mol. The van der Waals surface area contributed by atoms with E-state index >= 15 is 0 Å². The van der Waals surface area contributed by atoms with Gasteiger partial charge in [0, 0.05) is 12.5 Å². The number of nitrogens with two attached hydrogens (primary N) is 1. The molecule has 3 N–H and O–H groups in total. The molecule has 0 saturated carbocycles. The molecule has 0 fully saturated rings. The second-order valence-electron chi connectivity index (χ2n) is 5.30. The lowest BCUT2D eigenvalue weighted by atomic mass is 10.1. The van der Waals surface area contributed by atoms with Gasteiger partial charge in [0.2, 0.25) is 15.9 Å². The molecule has 1 aromatic carbocycles. The Morgan fingerprint density at radius 1 is 1.29 bits per heavy atom. The Kier molecular flexibility index (Phi) is 6.84. The van der Waals surface area contributed by atoms with Gasteiger partial charge in [0.05, 0.1) is 4.90 Å². The van der Waals surface area contributed by atoms with Crippen molar-refractivity contribution in [3.05, 3.63) is 29.8 Å². The number of aryl methyl sites for hydroxylation is 1. The molecule has 0 radical (unpaired) electrons. The van der Waals surface area contributed by atoms with Crippen LogP contribution in [0.1, 0.15) is 45.1 Å². The lowest BCUT2D eigenvalue weighted by Crippen LogP contribution is -2.32. The standard InChI is InChI=1S/C15H24N2O3S/c1-3-4-5-12(2)17-15(18)11-8-13-6-9-14(10-7-13)21(16,19)20/h6-7,9-10,12H,3-5,8,11H2,1-2H3,(H,17,18)(H2,16,19,20). The van der Waals surface area contributed by atoms with Crippen molar-refractivity contribution in [1.29, 1.82) is 0 Å². The SMILES string of the molecule is CCCCC(C)NC(=O)CCc1ccc(S(N)(=O)=O)cc1. The van der Waals surface area contributed by atoms with E-state index in [4.69, 9.17) is 5.14 Å². The third-order valence-corrected chi connectivity index (χ3v) is 4.22. The summed E-state index contributed by atoms with van der Waals surface area (Å²) in [6, 6.07) is 6.50. The molecule has 0 aliphatic heterocycles. The van der Waals surface area contributed by atoms with Crippen molar-refractivity contribution in [2.24, 2.45) is 5.14 Å². The zero-order valence-corrected chi connectivity index (χ0v) is 13.4. The Morgan fingerprint density at radius 2 is 1.90 bits per heavy atom. The van der Waals surface area contributed by atoms with Crippen LogP contribution >= 0.6 is 0 Å². The molecule has 1 unspecified atom stereocenters. The van der Waals surface area contributed by atoms with Crippen molar-refractivity contribution >= 4 is 15.9 Å². The molecule has 5 nitrogen and oxygen atoms in total. The summed E-state index contributed by atoms with van der Waals surface area (Å²) in [7, 11) is -3.65. The third-order valence-electron chi connectivity index (χ3n) is 3.29. The first-order chi connectivity index (χ1) is 9.82. The molecule has 118 valence electrons. The normalized spacial score (nSPS) is 12.9. The number of hydrogen-bond donors (Lipinski definition) is 2. The van der Waals surface area contributed by atoms with Gasteiger partial charge < -0.3 is 5.32 Å². The highest BCUT2D eigenvalue weighted by atomic mass is 32.2. The Morgan fingerprint density at radius 3 is 2.43 bits per heavy atom. The average Bonchev–Trinajstić information content (AvgIpc) is 2.42. The number of unbranched alkanes of at least 4 members (excludes halogenated alkanes) is 1. The molecule has 0 spiro atoms. The van der Waals surface area contributed by atoms with Gasteiger partial charge in [0.1, 0.15) is 0 Å². The van der Waals surface area contributed by atoms with Gasteiger partial charge in [0.15, 0.2) is 0 Å². The topological polar surface area (TPSA) is 89.3 Å². The van der Waals surface area contributed by atoms with Crippen LogP contribution in [0.4, 0.5) is 0 Å². The van der Waals surface area contributed by atoms with E-state index in [-0.39, 0.29) is 16.8 Å². The van der Waals surface area contributed by atoms with Gasteiger partial charge >= 0.3 is 0 Å². The molecule has 0 aliphatic rings. The van der Waals surface area contributed by atoms with Crippen LogP contribution in [0.15, 0.2) is 29.2 Å². The Hall–Kier alpha value is -1.40. The first kappa shape index (κ1) is 17.7. The van der Waals surface area contributed by atoms with Crippen molar-refractivity contribution in [3.8, 4) is 0 Å². The fourth-order valence-electron chi connectivity index (χ4n) is 2.03. The highest BCUT2D eigenvalue weighted by Crippen LogP contribution is 2.10. The zero-order chi connectivity index (χ0) is 15.9. The Labute approximate surface area is 127 Å². The predicted molar refractivity (Wildman–Crippen MR) is 83.3 cm³/mol. The number of sulfonamides is 1. The van der Waals surface area contributed by atoms with Crippen LogP contribution in [0.2, 0.25) is 0 Å². The van der Waals surface area contributed by atoms with Gasteiger partial charge in [-0.05, 0) is 37.5 Å². The maximum atomic E-state index is 11.8. The molecule has 1 rings (SSSR count). The van der Waals surface area contributed by atoms with E-state index in [0.717, 1.165) is 24.8 Å². The molecule has 6 heteroatoms. The Bertz CT molecular complexity index is 553. The molecule has 1 aromatic rings. The van der Waals surface area contributed by atoms with E-state index in [2.05, 4.69) is 12.2 Å². The summed E-state index contributed by atoms with van der Waals surface area (Å²) in [5, 5.41) is 8.00. The van der Waals surface area contributed by atoms with Crippen molar-refractivity contribution in [2.75, 3.05) is 0 Å². The van der Waals surface area contributed by atoms with E-state index in [1.807, 2.05) is 6.92 Å². The molecule has 1 atom stereocenters. The van der Waals surface area contributed by atoms with E-state index in [1.54, 1.807) is 12.1 Å². The molecule has 0 aliphatic carbocycles. The molecule has 21 heavy (non-hydrogen) atoms. The summed E-state index contributed by atoms with van der Waals surface area (Å²) >= 11 is 0. The number of rotatable bonds is 8. The van der Waals surface area contributed by atoms with Gasteiger partial charge in [-0.2, -0.15) is 0 Å². The lowest BCUT2D eigenvalue weighted by molar-refractivity contribution is -0.121. The highest BCUT2D eigenvalue weighted by molar-refractivity contribution is 7.89. The van der Waals surface area contributed by atoms with Crippen LogP contribution in [-0.2, 0) is 21.2 Å². The van der Waals surface area contributed by atoms with Gasteiger partial charge in [-0.25, -0.2) is 13.6 Å². The van der Waals surface area contributed by atoms with Crippen LogP contribution in [0.3, 0.4) is 0 Å². The number of benzene rings is 1. The van der Waals surface area contributed by atoms with Crippen molar-refractivity contribution in [3.63, 3.8) is 0 Å². The quantitative estimate of drug-likeness (QED) is 0.769. The van der Waals surface area contributed by atoms with Gasteiger partial charge in [0.25, 0.3) is 0 Å². The minimum absolute atomic E-state index is 0.0223. The second kappa shape index (κ2) is 8.14. The fraction of sp³-hybridized carbons (Fsp3) is 0.533. The fourth-order valence-corrected chi connectivity index (χ4v) is 2.55. The number of carbonyl (C=O) groups excluding carboxylic acids is 1. The minimum Gasteiger partial charge on any atom is -0.354 e. The van der Waals surface area contributed by atoms with Gasteiger partial charge in [-0.1, -0.05) is 31.9 Å². The van der Waals surface area contributed by atoms with Crippen LogP contribution in [-0.4, -0.2) is 20.4 Å². The van der Waals surface area contributed by atoms with Crippen molar-refractivity contribution in [1.82, 2.24) is 5.32 Å². The Balaban J connectivity index is 2.43. The first-order valence-corrected chi connectivity index (χ1v) is 8.78. The molecule has 1 amide bonds. The predicted octanol–water partition coefficient (Wildman–Crippen LogP) is 1.96. The maximum absolute atomic E-state index is 11.8. The van der Waals surface area contributed by atoms with Gasteiger partial charge in [-0.3, -0.25) is 4.79 Å². The van der Waals surface area contributed by atoms with Crippen LogP contribution in [0.25, 0.3) is 0 Å². The van der Waals surface area contributed by atoms with E-state index in [0.29, 0.717) is 12.8 Å². The highest BCUT2D eigenvalue weighted by Gasteiger charge is 2.09. The molecule has 0 heterocycles. The zero-order valence-electron chi connectivity index (χ0n) is 12.6. The average molecular weight is 312 g/mol. The molecule has 0 saturated heterocycles. The smallest absolute Gasteiger partial charge is 0.238 e. The summed E-state index contributed by atoms with van der Waals surface area (Å²) in [6.07, 6.45) is 4.20. The van der Waals surface area contributed by atoms with E-state index in [1.165, 1.54) is 12.1 Å². The number of primary sulfonamides is 1. The number of nitrogens with one attached hydrogen (secondary N) is 1. The summed E-state index contributed by atoms with van der Waals surface area (Å²) < 4.78 is 22.3. The summed E-state index contributed by atoms with van der Waals surface area (Å²) in [5.41, 5.74) is 0.916. The van der Waals surface area contributed by atoms with Crippen LogP contribution in [0.5, 0.6) is 0 Å². The number of hydrogen-bond acceptors (Lipinski definition) is 3.